The fraction of sp³-hybridized carbons (Fsp3) is 0.154. The second-order valence-electron chi connectivity index (χ2n) is 6.91. The second kappa shape index (κ2) is 10.1. The van der Waals surface area contributed by atoms with Gasteiger partial charge in [-0.15, -0.1) is 0 Å². The van der Waals surface area contributed by atoms with Crippen molar-refractivity contribution in [3.05, 3.63) is 95.6 Å². The lowest BCUT2D eigenvalue weighted by Gasteiger charge is -2.06. The van der Waals surface area contributed by atoms with E-state index in [-0.39, 0.29) is 5.57 Å². The third kappa shape index (κ3) is 5.67. The van der Waals surface area contributed by atoms with Crippen molar-refractivity contribution in [3.63, 3.8) is 0 Å². The largest absolute Gasteiger partial charge is 0.321 e. The van der Waals surface area contributed by atoms with E-state index in [1.165, 1.54) is 5.56 Å². The molecule has 0 spiro atoms. The zero-order chi connectivity index (χ0) is 20.5. The fourth-order valence-corrected chi connectivity index (χ4v) is 3.05. The molecule has 3 nitrogen and oxygen atoms in total. The number of nitrogens with zero attached hydrogens (tertiary/aromatic N) is 1. The first kappa shape index (κ1) is 20.1. The summed E-state index contributed by atoms with van der Waals surface area (Å²) in [5, 5.41) is 12.2. The number of nitrogens with one attached hydrogen (secondary N) is 1. The lowest BCUT2D eigenvalue weighted by atomic mass is 10.0. The number of carbonyl (C=O) groups is 1. The standard InChI is InChI=1S/C26H24N2O/c1-2-3-7-20-12-16-25(17-13-20)28-26(29)24(19-27)18-21-10-14-23(15-11-21)22-8-5-4-6-9-22/h4-6,8-18H,2-3,7H2,1H3,(H,28,29)/b24-18+. The Kier molecular flexibility index (Phi) is 6.97. The van der Waals surface area contributed by atoms with Crippen molar-refractivity contribution in [3.8, 4) is 17.2 Å². The van der Waals surface area contributed by atoms with Gasteiger partial charge < -0.3 is 5.32 Å². The summed E-state index contributed by atoms with van der Waals surface area (Å²) >= 11 is 0. The average Bonchev–Trinajstić information content (AvgIpc) is 2.78. The van der Waals surface area contributed by atoms with Crippen molar-refractivity contribution < 1.29 is 4.79 Å². The number of nitriles is 1. The molecule has 29 heavy (non-hydrogen) atoms. The highest BCUT2D eigenvalue weighted by Crippen LogP contribution is 2.20. The van der Waals surface area contributed by atoms with Gasteiger partial charge in [-0.3, -0.25) is 4.79 Å². The van der Waals surface area contributed by atoms with Crippen LogP contribution in [-0.4, -0.2) is 5.91 Å². The van der Waals surface area contributed by atoms with E-state index in [4.69, 9.17) is 0 Å². The summed E-state index contributed by atoms with van der Waals surface area (Å²) in [4.78, 5) is 12.5. The van der Waals surface area contributed by atoms with Crippen molar-refractivity contribution in [1.82, 2.24) is 0 Å². The highest BCUT2D eigenvalue weighted by Gasteiger charge is 2.09. The summed E-state index contributed by atoms with van der Waals surface area (Å²) in [6.45, 7) is 2.17. The van der Waals surface area contributed by atoms with E-state index in [0.717, 1.165) is 36.0 Å². The Hall–Kier alpha value is -3.64. The molecule has 0 radical (unpaired) electrons. The molecule has 144 valence electrons. The maximum Gasteiger partial charge on any atom is 0.266 e. The highest BCUT2D eigenvalue weighted by atomic mass is 16.1. The molecule has 3 heteroatoms. The Bertz CT molecular complexity index is 1010. The third-order valence-corrected chi connectivity index (χ3v) is 4.72. The molecule has 0 heterocycles. The molecule has 0 aliphatic rings. The number of aryl methyl sites for hydroxylation is 1. The SMILES string of the molecule is CCCCc1ccc(NC(=O)/C(C#N)=C/c2ccc(-c3ccccc3)cc2)cc1. The van der Waals surface area contributed by atoms with Crippen molar-refractivity contribution >= 4 is 17.7 Å². The summed E-state index contributed by atoms with van der Waals surface area (Å²) < 4.78 is 0. The van der Waals surface area contributed by atoms with Crippen LogP contribution >= 0.6 is 0 Å². The summed E-state index contributed by atoms with van der Waals surface area (Å²) in [7, 11) is 0. The molecule has 0 unspecified atom stereocenters. The van der Waals surface area contributed by atoms with Crippen LogP contribution in [0, 0.1) is 11.3 Å². The third-order valence-electron chi connectivity index (χ3n) is 4.72. The van der Waals surface area contributed by atoms with Crippen LogP contribution < -0.4 is 5.32 Å². The monoisotopic (exact) mass is 380 g/mol. The Morgan fingerprint density at radius 3 is 2.21 bits per heavy atom. The van der Waals surface area contributed by atoms with E-state index >= 15 is 0 Å². The molecule has 3 aromatic rings. The van der Waals surface area contributed by atoms with E-state index in [1.807, 2.05) is 84.9 Å². The molecule has 0 aliphatic carbocycles. The van der Waals surface area contributed by atoms with Crippen LogP contribution in [0.15, 0.2) is 84.4 Å². The van der Waals surface area contributed by atoms with Gasteiger partial charge in [0.2, 0.25) is 0 Å². The number of rotatable bonds is 7. The molecule has 0 atom stereocenters. The molecule has 3 rings (SSSR count). The minimum Gasteiger partial charge on any atom is -0.321 e. The van der Waals surface area contributed by atoms with Gasteiger partial charge in [-0.05, 0) is 53.3 Å². The van der Waals surface area contributed by atoms with E-state index in [0.29, 0.717) is 5.69 Å². The van der Waals surface area contributed by atoms with Gasteiger partial charge in [0, 0.05) is 5.69 Å². The Morgan fingerprint density at radius 1 is 0.931 bits per heavy atom. The average molecular weight is 380 g/mol. The van der Waals surface area contributed by atoms with Gasteiger partial charge in [0.25, 0.3) is 5.91 Å². The summed E-state index contributed by atoms with van der Waals surface area (Å²) in [6.07, 6.45) is 4.95. The highest BCUT2D eigenvalue weighted by molar-refractivity contribution is 6.09. The zero-order valence-electron chi connectivity index (χ0n) is 16.6. The minimum absolute atomic E-state index is 0.0764. The molecule has 3 aromatic carbocycles. The summed E-state index contributed by atoms with van der Waals surface area (Å²) in [5.41, 5.74) is 5.05. The van der Waals surface area contributed by atoms with Gasteiger partial charge in [0.15, 0.2) is 0 Å². The van der Waals surface area contributed by atoms with Crippen LogP contribution in [0.1, 0.15) is 30.9 Å². The minimum atomic E-state index is -0.402. The first-order valence-corrected chi connectivity index (χ1v) is 9.87. The Morgan fingerprint density at radius 2 is 1.59 bits per heavy atom. The first-order valence-electron chi connectivity index (χ1n) is 9.87. The van der Waals surface area contributed by atoms with Crippen LogP contribution in [-0.2, 0) is 11.2 Å². The quantitative estimate of drug-likeness (QED) is 0.389. The first-order chi connectivity index (χ1) is 14.2. The summed E-state index contributed by atoms with van der Waals surface area (Å²) in [6, 6.07) is 27.7. The Labute approximate surface area is 172 Å². The van der Waals surface area contributed by atoms with Crippen LogP contribution in [0.25, 0.3) is 17.2 Å². The molecule has 0 saturated heterocycles. The predicted molar refractivity (Wildman–Crippen MR) is 119 cm³/mol. The van der Waals surface area contributed by atoms with E-state index < -0.39 is 5.91 Å². The van der Waals surface area contributed by atoms with E-state index in [2.05, 4.69) is 12.2 Å². The van der Waals surface area contributed by atoms with Crippen LogP contribution in [0.5, 0.6) is 0 Å². The van der Waals surface area contributed by atoms with Crippen molar-refractivity contribution in [2.24, 2.45) is 0 Å². The van der Waals surface area contributed by atoms with Gasteiger partial charge in [-0.2, -0.15) is 5.26 Å². The number of hydrogen-bond donors (Lipinski definition) is 1. The number of amides is 1. The molecular weight excluding hydrogens is 356 g/mol. The van der Waals surface area contributed by atoms with Crippen molar-refractivity contribution in [2.75, 3.05) is 5.32 Å². The predicted octanol–water partition coefficient (Wildman–Crippen LogP) is 6.24. The maximum atomic E-state index is 12.5. The van der Waals surface area contributed by atoms with Crippen LogP contribution in [0.4, 0.5) is 5.69 Å². The molecule has 0 aliphatic heterocycles. The molecular formula is C26H24N2O. The second-order valence-corrected chi connectivity index (χ2v) is 6.91. The molecule has 1 amide bonds. The molecule has 1 N–H and O–H groups in total. The maximum absolute atomic E-state index is 12.5. The summed E-state index contributed by atoms with van der Waals surface area (Å²) in [5.74, 6) is -0.402. The van der Waals surface area contributed by atoms with E-state index in [1.54, 1.807) is 6.08 Å². The number of carbonyl (C=O) groups excluding carboxylic acids is 1. The van der Waals surface area contributed by atoms with Gasteiger partial charge in [0.05, 0.1) is 0 Å². The number of hydrogen-bond acceptors (Lipinski definition) is 2. The van der Waals surface area contributed by atoms with Crippen LogP contribution in [0.3, 0.4) is 0 Å². The molecule has 0 saturated carbocycles. The lowest BCUT2D eigenvalue weighted by Crippen LogP contribution is -2.13. The van der Waals surface area contributed by atoms with Gasteiger partial charge in [-0.1, -0.05) is 80.1 Å². The molecule has 0 aromatic heterocycles. The number of benzene rings is 3. The van der Waals surface area contributed by atoms with Crippen molar-refractivity contribution in [2.45, 2.75) is 26.2 Å². The van der Waals surface area contributed by atoms with Gasteiger partial charge in [-0.25, -0.2) is 0 Å². The van der Waals surface area contributed by atoms with Gasteiger partial charge in [0.1, 0.15) is 11.6 Å². The number of anilines is 1. The van der Waals surface area contributed by atoms with E-state index in [9.17, 15) is 10.1 Å². The van der Waals surface area contributed by atoms with Crippen LogP contribution in [0.2, 0.25) is 0 Å². The van der Waals surface area contributed by atoms with Gasteiger partial charge >= 0.3 is 0 Å². The normalized spacial score (nSPS) is 11.0. The topological polar surface area (TPSA) is 52.9 Å². The lowest BCUT2D eigenvalue weighted by molar-refractivity contribution is -0.112. The molecule has 0 bridgehead atoms. The zero-order valence-corrected chi connectivity index (χ0v) is 16.6. The van der Waals surface area contributed by atoms with Crippen molar-refractivity contribution in [1.29, 1.82) is 5.26 Å². The molecule has 0 fully saturated rings. The smallest absolute Gasteiger partial charge is 0.266 e. The number of unbranched alkanes of at least 4 members (excludes halogenated alkanes) is 1. The Balaban J connectivity index is 1.69. The fourth-order valence-electron chi connectivity index (χ4n) is 3.05.